The van der Waals surface area contributed by atoms with Crippen molar-refractivity contribution in [2.75, 3.05) is 18.0 Å². The highest BCUT2D eigenvalue weighted by Crippen LogP contribution is 2.32. The highest BCUT2D eigenvalue weighted by molar-refractivity contribution is 9.10. The molecule has 1 saturated carbocycles. The number of nitrogens with zero attached hydrogens (tertiary/aromatic N) is 3. The predicted octanol–water partition coefficient (Wildman–Crippen LogP) is 2.75. The number of carbonyl (C=O) groups is 1. The van der Waals surface area contributed by atoms with Gasteiger partial charge in [0.2, 0.25) is 5.95 Å². The molecule has 0 radical (unpaired) electrons. The highest BCUT2D eigenvalue weighted by atomic mass is 79.9. The van der Waals surface area contributed by atoms with Crippen LogP contribution < -0.4 is 4.90 Å². The molecular weight excluding hydrogens is 330 g/mol. The summed E-state index contributed by atoms with van der Waals surface area (Å²) in [4.78, 5) is 21.5. The second kappa shape index (κ2) is 5.05. The molecule has 0 aromatic carbocycles. The van der Waals surface area contributed by atoms with Gasteiger partial charge in [0.05, 0.1) is 15.4 Å². The highest BCUT2D eigenvalue weighted by Gasteiger charge is 2.26. The van der Waals surface area contributed by atoms with E-state index in [9.17, 15) is 4.79 Å². The van der Waals surface area contributed by atoms with Gasteiger partial charge >= 0.3 is 5.97 Å². The third-order valence-electron chi connectivity index (χ3n) is 3.04. The quantitative estimate of drug-likeness (QED) is 0.905. The fourth-order valence-corrected chi connectivity index (χ4v) is 3.37. The summed E-state index contributed by atoms with van der Waals surface area (Å²) >= 11 is 5.02. The number of hydrogen-bond acceptors (Lipinski definition) is 5. The van der Waals surface area contributed by atoms with Gasteiger partial charge in [-0.1, -0.05) is 0 Å². The molecule has 1 aliphatic carbocycles. The Labute approximate surface area is 122 Å². The number of thiophene rings is 1. The maximum absolute atomic E-state index is 11.0. The Morgan fingerprint density at radius 1 is 1.58 bits per heavy atom. The molecule has 5 nitrogen and oxygen atoms in total. The molecule has 0 unspecified atom stereocenters. The number of hydrogen-bond donors (Lipinski definition) is 1. The summed E-state index contributed by atoms with van der Waals surface area (Å²) in [6.07, 6.45) is 4.09. The SMILES string of the molecule is O=C(O)CN(CC1CC1)c1ncc2scc(Br)c2n1. The number of rotatable bonds is 5. The number of anilines is 1. The summed E-state index contributed by atoms with van der Waals surface area (Å²) < 4.78 is 1.93. The maximum Gasteiger partial charge on any atom is 0.323 e. The number of halogens is 1. The Morgan fingerprint density at radius 2 is 2.37 bits per heavy atom. The topological polar surface area (TPSA) is 66.3 Å². The first kappa shape index (κ1) is 12.8. The molecule has 0 bridgehead atoms. The minimum atomic E-state index is -0.853. The average Bonchev–Trinajstić information content (AvgIpc) is 3.11. The molecule has 2 aromatic rings. The Morgan fingerprint density at radius 3 is 3.05 bits per heavy atom. The third kappa shape index (κ3) is 2.87. The molecule has 2 aromatic heterocycles. The standard InChI is InChI=1S/C12H12BrN3O2S/c13-8-6-19-9-3-14-12(15-11(8)9)16(5-10(17)18)4-7-1-2-7/h3,6-7H,1-2,4-5H2,(H,17,18). The van der Waals surface area contributed by atoms with Crippen LogP contribution in [0.1, 0.15) is 12.8 Å². The molecule has 0 spiro atoms. The van der Waals surface area contributed by atoms with Gasteiger partial charge in [0.15, 0.2) is 0 Å². The lowest BCUT2D eigenvalue weighted by molar-refractivity contribution is -0.135. The van der Waals surface area contributed by atoms with Gasteiger partial charge in [-0.15, -0.1) is 11.3 Å². The minimum absolute atomic E-state index is 0.0518. The first-order valence-electron chi connectivity index (χ1n) is 6.00. The van der Waals surface area contributed by atoms with Crippen LogP contribution in [-0.4, -0.2) is 34.1 Å². The third-order valence-corrected chi connectivity index (χ3v) is 4.86. The van der Waals surface area contributed by atoms with Crippen molar-refractivity contribution in [3.8, 4) is 0 Å². The lowest BCUT2D eigenvalue weighted by atomic mass is 10.3. The Kier molecular flexibility index (Phi) is 3.40. The zero-order chi connectivity index (χ0) is 13.4. The molecule has 2 heterocycles. The lowest BCUT2D eigenvalue weighted by Crippen LogP contribution is -2.33. The Bertz CT molecular complexity index is 626. The van der Waals surface area contributed by atoms with Gasteiger partial charge in [-0.25, -0.2) is 9.97 Å². The van der Waals surface area contributed by atoms with Crippen LogP contribution >= 0.6 is 27.3 Å². The molecule has 3 rings (SSSR count). The first-order chi connectivity index (χ1) is 9.13. The van der Waals surface area contributed by atoms with Crippen LogP contribution in [0.15, 0.2) is 16.0 Å². The second-order valence-corrected chi connectivity index (χ2v) is 6.45. The van der Waals surface area contributed by atoms with E-state index in [2.05, 4.69) is 25.9 Å². The molecule has 0 aliphatic heterocycles. The molecule has 1 fully saturated rings. The normalized spacial score (nSPS) is 14.8. The summed E-state index contributed by atoms with van der Waals surface area (Å²) in [5.41, 5.74) is 0.848. The zero-order valence-electron chi connectivity index (χ0n) is 10.0. The van der Waals surface area contributed by atoms with Crippen molar-refractivity contribution >= 4 is 49.4 Å². The maximum atomic E-state index is 11.0. The smallest absolute Gasteiger partial charge is 0.323 e. The molecule has 0 atom stereocenters. The van der Waals surface area contributed by atoms with E-state index >= 15 is 0 Å². The van der Waals surface area contributed by atoms with Crippen molar-refractivity contribution in [3.05, 3.63) is 16.0 Å². The van der Waals surface area contributed by atoms with Crippen LogP contribution in [0.5, 0.6) is 0 Å². The molecule has 19 heavy (non-hydrogen) atoms. The van der Waals surface area contributed by atoms with Crippen LogP contribution in [0.2, 0.25) is 0 Å². The number of carboxylic acid groups (broad SMARTS) is 1. The summed E-state index contributed by atoms with van der Waals surface area (Å²) in [6, 6.07) is 0. The van der Waals surface area contributed by atoms with Crippen molar-refractivity contribution in [1.82, 2.24) is 9.97 Å². The second-order valence-electron chi connectivity index (χ2n) is 4.68. The van der Waals surface area contributed by atoms with Crippen LogP contribution in [0, 0.1) is 5.92 Å². The Balaban J connectivity index is 1.92. The monoisotopic (exact) mass is 341 g/mol. The summed E-state index contributed by atoms with van der Waals surface area (Å²) in [7, 11) is 0. The Hall–Kier alpha value is -1.21. The number of carboxylic acids is 1. The van der Waals surface area contributed by atoms with Crippen molar-refractivity contribution in [3.63, 3.8) is 0 Å². The lowest BCUT2D eigenvalue weighted by Gasteiger charge is -2.20. The van der Waals surface area contributed by atoms with Crippen molar-refractivity contribution in [2.24, 2.45) is 5.92 Å². The summed E-state index contributed by atoms with van der Waals surface area (Å²) in [6.45, 7) is 0.670. The zero-order valence-corrected chi connectivity index (χ0v) is 12.4. The van der Waals surface area contributed by atoms with E-state index in [1.165, 1.54) is 12.8 Å². The van der Waals surface area contributed by atoms with E-state index in [0.29, 0.717) is 11.9 Å². The van der Waals surface area contributed by atoms with E-state index in [0.717, 1.165) is 21.2 Å². The van der Waals surface area contributed by atoms with Gasteiger partial charge < -0.3 is 10.0 Å². The molecule has 0 saturated heterocycles. The molecule has 0 amide bonds. The van der Waals surface area contributed by atoms with E-state index in [4.69, 9.17) is 5.11 Å². The molecule has 7 heteroatoms. The average molecular weight is 342 g/mol. The summed E-state index contributed by atoms with van der Waals surface area (Å²) in [5.74, 6) is 0.235. The van der Waals surface area contributed by atoms with Crippen molar-refractivity contribution in [2.45, 2.75) is 12.8 Å². The van der Waals surface area contributed by atoms with E-state index in [-0.39, 0.29) is 6.54 Å². The van der Waals surface area contributed by atoms with Gasteiger partial charge in [0.1, 0.15) is 12.1 Å². The van der Waals surface area contributed by atoms with Gasteiger partial charge in [-0.2, -0.15) is 0 Å². The van der Waals surface area contributed by atoms with Gasteiger partial charge in [0, 0.05) is 11.9 Å². The molecular formula is C12H12BrN3O2S. The van der Waals surface area contributed by atoms with Crippen LogP contribution in [-0.2, 0) is 4.79 Å². The van der Waals surface area contributed by atoms with Gasteiger partial charge in [-0.3, -0.25) is 4.79 Å². The van der Waals surface area contributed by atoms with E-state index < -0.39 is 5.97 Å². The van der Waals surface area contributed by atoms with Crippen LogP contribution in [0.3, 0.4) is 0 Å². The van der Waals surface area contributed by atoms with Crippen LogP contribution in [0.4, 0.5) is 5.95 Å². The van der Waals surface area contributed by atoms with Crippen LogP contribution in [0.25, 0.3) is 10.2 Å². The number of fused-ring (bicyclic) bond motifs is 1. The molecule has 1 N–H and O–H groups in total. The van der Waals surface area contributed by atoms with Gasteiger partial charge in [0.25, 0.3) is 0 Å². The van der Waals surface area contributed by atoms with E-state index in [1.807, 2.05) is 5.38 Å². The largest absolute Gasteiger partial charge is 0.480 e. The van der Waals surface area contributed by atoms with Gasteiger partial charge in [-0.05, 0) is 34.7 Å². The molecule has 1 aliphatic rings. The number of aliphatic carboxylic acids is 1. The fourth-order valence-electron chi connectivity index (χ4n) is 1.93. The predicted molar refractivity (Wildman–Crippen MR) is 77.7 cm³/mol. The van der Waals surface area contributed by atoms with Crippen molar-refractivity contribution in [1.29, 1.82) is 0 Å². The fraction of sp³-hybridized carbons (Fsp3) is 0.417. The minimum Gasteiger partial charge on any atom is -0.480 e. The van der Waals surface area contributed by atoms with Crippen molar-refractivity contribution < 1.29 is 9.90 Å². The first-order valence-corrected chi connectivity index (χ1v) is 7.67. The summed E-state index contributed by atoms with van der Waals surface area (Å²) in [5, 5.41) is 11.0. The molecule has 100 valence electrons. The number of aromatic nitrogens is 2. The van der Waals surface area contributed by atoms with E-state index in [1.54, 1.807) is 22.4 Å².